The number of carbonyl (C=O) groups excluding carboxylic acids is 2. The fourth-order valence-corrected chi connectivity index (χ4v) is 8.39. The zero-order chi connectivity index (χ0) is 36.8. The van der Waals surface area contributed by atoms with Gasteiger partial charge in [-0.25, -0.2) is 4.79 Å². The van der Waals surface area contributed by atoms with Crippen LogP contribution in [0.1, 0.15) is 108 Å². The van der Waals surface area contributed by atoms with E-state index in [9.17, 15) is 14.7 Å². The van der Waals surface area contributed by atoms with Gasteiger partial charge in [-0.1, -0.05) is 80.4 Å². The van der Waals surface area contributed by atoms with Crippen molar-refractivity contribution in [3.05, 3.63) is 95.1 Å². The third-order valence-corrected chi connectivity index (χ3v) is 11.0. The van der Waals surface area contributed by atoms with Crippen molar-refractivity contribution < 1.29 is 24.2 Å². The van der Waals surface area contributed by atoms with E-state index >= 15 is 0 Å². The van der Waals surface area contributed by atoms with E-state index in [1.54, 1.807) is 0 Å². The SMILES string of the molecule is CCNC(=O)NCc1cccc(-c2cccc([C@@H]3O[C@H](CN4[C@@H](C(=O)NC(C)(C)C)CC[C@H]5CCCC[C@H]54)[C@H](C)[C@H](c4ccc(CO)cc4)O3)c2)c1. The number of hydrogen-bond donors (Lipinski definition) is 4. The molecule has 0 spiro atoms. The number of fused-ring (bicyclic) bond motifs is 1. The van der Waals surface area contributed by atoms with Gasteiger partial charge in [-0.2, -0.15) is 0 Å². The lowest BCUT2D eigenvalue weighted by molar-refractivity contribution is -0.278. The first-order valence-corrected chi connectivity index (χ1v) is 19.3. The van der Waals surface area contributed by atoms with Crippen LogP contribution < -0.4 is 16.0 Å². The number of rotatable bonds is 10. The van der Waals surface area contributed by atoms with Crippen LogP contribution in [0.25, 0.3) is 11.1 Å². The summed E-state index contributed by atoms with van der Waals surface area (Å²) in [4.78, 5) is 28.4. The van der Waals surface area contributed by atoms with Crippen LogP contribution in [0.15, 0.2) is 72.8 Å². The highest BCUT2D eigenvalue weighted by atomic mass is 16.7. The van der Waals surface area contributed by atoms with Crippen molar-refractivity contribution >= 4 is 11.9 Å². The van der Waals surface area contributed by atoms with E-state index in [1.807, 2.05) is 37.3 Å². The number of nitrogens with zero attached hydrogens (tertiary/aromatic N) is 1. The molecule has 1 aliphatic carbocycles. The van der Waals surface area contributed by atoms with Crippen LogP contribution in [-0.2, 0) is 27.4 Å². The molecule has 3 aromatic carbocycles. The Balaban J connectivity index is 1.30. The number of aliphatic hydroxyl groups excluding tert-OH is 1. The molecule has 2 saturated heterocycles. The fourth-order valence-electron chi connectivity index (χ4n) is 8.39. The normalized spacial score (nSPS) is 26.6. The first-order chi connectivity index (χ1) is 25.0. The number of nitrogens with one attached hydrogen (secondary N) is 3. The number of ether oxygens (including phenoxy) is 2. The van der Waals surface area contributed by atoms with Crippen LogP contribution in [-0.4, -0.2) is 58.8 Å². The molecule has 7 atom stereocenters. The van der Waals surface area contributed by atoms with Gasteiger partial charge in [0.05, 0.1) is 24.9 Å². The van der Waals surface area contributed by atoms with Crippen molar-refractivity contribution in [3.63, 3.8) is 0 Å². The van der Waals surface area contributed by atoms with E-state index in [0.717, 1.165) is 52.6 Å². The molecular formula is C43H58N4O5. The number of likely N-dealkylation sites (tertiary alicyclic amines) is 1. The van der Waals surface area contributed by atoms with E-state index in [-0.39, 0.29) is 48.3 Å². The molecule has 6 rings (SSSR count). The van der Waals surface area contributed by atoms with Crippen LogP contribution in [0.3, 0.4) is 0 Å². The van der Waals surface area contributed by atoms with Crippen molar-refractivity contribution in [1.82, 2.24) is 20.9 Å². The maximum Gasteiger partial charge on any atom is 0.315 e. The van der Waals surface area contributed by atoms with Gasteiger partial charge in [0.1, 0.15) is 0 Å². The number of amides is 3. The molecule has 0 bridgehead atoms. The molecule has 0 unspecified atom stereocenters. The quantitative estimate of drug-likeness (QED) is 0.175. The fraction of sp³-hybridized carbons (Fsp3) is 0.535. The molecule has 52 heavy (non-hydrogen) atoms. The van der Waals surface area contributed by atoms with Gasteiger partial charge in [0.15, 0.2) is 6.29 Å². The number of urea groups is 1. The van der Waals surface area contributed by atoms with Crippen molar-refractivity contribution in [3.8, 4) is 11.1 Å². The highest BCUT2D eigenvalue weighted by Crippen LogP contribution is 2.45. The molecule has 2 aliphatic heterocycles. The van der Waals surface area contributed by atoms with Gasteiger partial charge in [0.2, 0.25) is 5.91 Å². The molecular weight excluding hydrogens is 652 g/mol. The smallest absolute Gasteiger partial charge is 0.315 e. The molecule has 3 fully saturated rings. The number of piperidine rings is 1. The molecule has 0 radical (unpaired) electrons. The first kappa shape index (κ1) is 38.0. The van der Waals surface area contributed by atoms with Gasteiger partial charge in [0, 0.05) is 42.7 Å². The number of hydrogen-bond acceptors (Lipinski definition) is 6. The second kappa shape index (κ2) is 16.9. The van der Waals surface area contributed by atoms with Crippen LogP contribution in [0.2, 0.25) is 0 Å². The second-order valence-electron chi connectivity index (χ2n) is 16.0. The number of carbonyl (C=O) groups is 2. The van der Waals surface area contributed by atoms with Crippen LogP contribution in [0, 0.1) is 11.8 Å². The first-order valence-electron chi connectivity index (χ1n) is 19.3. The number of benzene rings is 3. The van der Waals surface area contributed by atoms with Crippen molar-refractivity contribution in [2.75, 3.05) is 13.1 Å². The molecule has 9 heteroatoms. The molecule has 3 aromatic rings. The average Bonchev–Trinajstić information content (AvgIpc) is 3.14. The third-order valence-electron chi connectivity index (χ3n) is 11.0. The van der Waals surface area contributed by atoms with Crippen LogP contribution in [0.5, 0.6) is 0 Å². The molecule has 1 saturated carbocycles. The van der Waals surface area contributed by atoms with E-state index in [0.29, 0.717) is 31.6 Å². The van der Waals surface area contributed by atoms with Gasteiger partial charge in [-0.3, -0.25) is 9.69 Å². The Labute approximate surface area is 309 Å². The Morgan fingerprint density at radius 3 is 2.31 bits per heavy atom. The summed E-state index contributed by atoms with van der Waals surface area (Å²) in [6, 6.07) is 24.5. The lowest BCUT2D eigenvalue weighted by Gasteiger charge is -2.51. The lowest BCUT2D eigenvalue weighted by atomic mass is 9.75. The standard InChI is InChI=1S/C43H58N4O5/c1-6-44-42(50)45-25-30-11-9-13-33(23-30)34-14-10-15-35(24-34)41-51-38(28(2)39(52-41)32-19-17-29(27-48)18-20-32)26-47-36-16-8-7-12-31(36)21-22-37(47)40(49)46-43(3,4)5/h9-11,13-15,17-20,23-24,28,31,36-39,41,48H,6-8,12,16,21-22,25-27H2,1-5H3,(H,46,49)(H2,44,45,50)/t28-,31+,36+,37+,38+,39+,41+/m0/s1. The molecule has 3 aliphatic rings. The summed E-state index contributed by atoms with van der Waals surface area (Å²) in [7, 11) is 0. The van der Waals surface area contributed by atoms with Gasteiger partial charge in [-0.15, -0.1) is 0 Å². The Morgan fingerprint density at radius 2 is 1.58 bits per heavy atom. The Bertz CT molecular complexity index is 1660. The maximum atomic E-state index is 13.9. The highest BCUT2D eigenvalue weighted by Gasteiger charge is 2.46. The molecule has 9 nitrogen and oxygen atoms in total. The summed E-state index contributed by atoms with van der Waals surface area (Å²) in [5, 5.41) is 18.7. The second-order valence-corrected chi connectivity index (χ2v) is 16.0. The Kier molecular flexibility index (Phi) is 12.4. The zero-order valence-electron chi connectivity index (χ0n) is 31.6. The predicted molar refractivity (Wildman–Crippen MR) is 204 cm³/mol. The van der Waals surface area contributed by atoms with E-state index < -0.39 is 6.29 Å². The minimum atomic E-state index is -0.625. The average molecular weight is 711 g/mol. The topological polar surface area (TPSA) is 112 Å². The molecule has 2 heterocycles. The lowest BCUT2D eigenvalue weighted by Crippen LogP contribution is -2.61. The predicted octanol–water partition coefficient (Wildman–Crippen LogP) is 7.39. The third kappa shape index (κ3) is 9.23. The summed E-state index contributed by atoms with van der Waals surface area (Å²) in [6.07, 6.45) is 5.65. The Morgan fingerprint density at radius 1 is 0.846 bits per heavy atom. The van der Waals surface area contributed by atoms with Crippen molar-refractivity contribution in [1.29, 1.82) is 0 Å². The summed E-state index contributed by atoms with van der Waals surface area (Å²) in [6.45, 7) is 11.9. The van der Waals surface area contributed by atoms with Gasteiger partial charge >= 0.3 is 6.03 Å². The minimum absolute atomic E-state index is 0.00351. The summed E-state index contributed by atoms with van der Waals surface area (Å²) < 4.78 is 13.9. The maximum absolute atomic E-state index is 13.9. The van der Waals surface area contributed by atoms with Gasteiger partial charge in [0.25, 0.3) is 0 Å². The van der Waals surface area contributed by atoms with E-state index in [2.05, 4.69) is 91.0 Å². The zero-order valence-corrected chi connectivity index (χ0v) is 31.6. The summed E-state index contributed by atoms with van der Waals surface area (Å²) in [5.74, 6) is 0.715. The van der Waals surface area contributed by atoms with Gasteiger partial charge < -0.3 is 30.5 Å². The monoisotopic (exact) mass is 710 g/mol. The number of aliphatic hydroxyl groups is 1. The highest BCUT2D eigenvalue weighted by molar-refractivity contribution is 5.82. The minimum Gasteiger partial charge on any atom is -0.392 e. The summed E-state index contributed by atoms with van der Waals surface area (Å²) >= 11 is 0. The van der Waals surface area contributed by atoms with E-state index in [4.69, 9.17) is 9.47 Å². The van der Waals surface area contributed by atoms with Crippen LogP contribution in [0.4, 0.5) is 4.79 Å². The largest absolute Gasteiger partial charge is 0.392 e. The van der Waals surface area contributed by atoms with Crippen molar-refractivity contribution in [2.45, 2.75) is 122 Å². The van der Waals surface area contributed by atoms with Crippen molar-refractivity contribution in [2.24, 2.45) is 11.8 Å². The van der Waals surface area contributed by atoms with Crippen LogP contribution >= 0.6 is 0 Å². The molecule has 0 aromatic heterocycles. The Hall–Kier alpha value is -3.76. The molecule has 3 amide bonds. The summed E-state index contributed by atoms with van der Waals surface area (Å²) in [5.41, 5.74) is 5.60. The molecule has 4 N–H and O–H groups in total. The molecule has 280 valence electrons. The van der Waals surface area contributed by atoms with Gasteiger partial charge in [-0.05, 0) is 99.2 Å². The van der Waals surface area contributed by atoms with E-state index in [1.165, 1.54) is 19.3 Å².